The molecular weight excluding hydrogens is 300 g/mol. The summed E-state index contributed by atoms with van der Waals surface area (Å²) >= 11 is 0. The van der Waals surface area contributed by atoms with Crippen molar-refractivity contribution in [3.8, 4) is 0 Å². The summed E-state index contributed by atoms with van der Waals surface area (Å²) in [5.41, 5.74) is 5.67. The van der Waals surface area contributed by atoms with Crippen LogP contribution in [0.5, 0.6) is 0 Å². The Morgan fingerprint density at radius 2 is 1.55 bits per heavy atom. The van der Waals surface area contributed by atoms with Gasteiger partial charge in [-0.3, -0.25) is 0 Å². The molecule has 0 heterocycles. The summed E-state index contributed by atoms with van der Waals surface area (Å²) in [7, 11) is -2.49. The van der Waals surface area contributed by atoms with Gasteiger partial charge in [-0.05, 0) is 47.6 Å². The van der Waals surface area contributed by atoms with Crippen molar-refractivity contribution in [2.24, 2.45) is 5.73 Å². The minimum absolute atomic E-state index is 0.0812. The van der Waals surface area contributed by atoms with Crippen LogP contribution < -0.4 is 11.1 Å². The molecule has 6 nitrogen and oxygen atoms in total. The Morgan fingerprint density at radius 3 is 2.00 bits per heavy atom. The minimum Gasteiger partial charge on any atom is -0.376 e. The second-order valence-corrected chi connectivity index (χ2v) is 8.14. The Kier molecular flexibility index (Phi) is 13.4. The van der Waals surface area contributed by atoms with Gasteiger partial charge in [0.15, 0.2) is 0 Å². The molecule has 0 aliphatic rings. The fourth-order valence-electron chi connectivity index (χ4n) is 2.11. The predicted octanol–water partition coefficient (Wildman–Crippen LogP) is 1.77. The van der Waals surface area contributed by atoms with Crippen LogP contribution in [-0.2, 0) is 18.0 Å². The molecule has 0 aromatic carbocycles. The number of hydrogen-bond acceptors (Lipinski definition) is 6. The van der Waals surface area contributed by atoms with E-state index in [1.54, 1.807) is 0 Å². The highest BCUT2D eigenvalue weighted by Gasteiger charge is 2.39. The van der Waals surface area contributed by atoms with E-state index < -0.39 is 8.80 Å². The number of nitrogens with one attached hydrogen (secondary N) is 1. The predicted molar refractivity (Wildman–Crippen MR) is 92.0 cm³/mol. The van der Waals surface area contributed by atoms with Crippen molar-refractivity contribution in [3.05, 3.63) is 0 Å². The van der Waals surface area contributed by atoms with Crippen LogP contribution in [0.25, 0.3) is 0 Å². The highest BCUT2D eigenvalue weighted by atomic mass is 28.4. The number of rotatable bonds is 15. The summed E-state index contributed by atoms with van der Waals surface area (Å²) in [6, 6.07) is 0.919. The topological polar surface area (TPSA) is 75.0 Å². The lowest BCUT2D eigenvalue weighted by atomic mass is 10.3. The van der Waals surface area contributed by atoms with Gasteiger partial charge < -0.3 is 29.1 Å². The first kappa shape index (κ1) is 22.0. The highest BCUT2D eigenvalue weighted by molar-refractivity contribution is 6.60. The Labute approximate surface area is 137 Å². The molecular formula is C15H36N2O4Si. The molecule has 0 fully saturated rings. The molecule has 0 saturated heterocycles. The van der Waals surface area contributed by atoms with Crippen LogP contribution in [0.3, 0.4) is 0 Å². The third-order valence-corrected chi connectivity index (χ3v) is 6.16. The van der Waals surface area contributed by atoms with Crippen LogP contribution in [0.2, 0.25) is 6.04 Å². The van der Waals surface area contributed by atoms with Gasteiger partial charge in [0.05, 0.1) is 12.7 Å². The van der Waals surface area contributed by atoms with Crippen molar-refractivity contribution in [2.45, 2.75) is 59.2 Å². The number of hydrogen-bond donors (Lipinski definition) is 2. The van der Waals surface area contributed by atoms with Crippen molar-refractivity contribution in [3.63, 3.8) is 0 Å². The largest absolute Gasteiger partial charge is 0.500 e. The summed E-state index contributed by atoms with van der Waals surface area (Å²) < 4.78 is 23.1. The van der Waals surface area contributed by atoms with Crippen LogP contribution in [0.4, 0.5) is 0 Å². The molecule has 2 unspecified atom stereocenters. The Balaban J connectivity index is 3.96. The third-order valence-electron chi connectivity index (χ3n) is 3.00. The first-order valence-electron chi connectivity index (χ1n) is 8.49. The molecule has 0 rings (SSSR count). The van der Waals surface area contributed by atoms with Crippen LogP contribution >= 0.6 is 0 Å². The van der Waals surface area contributed by atoms with Gasteiger partial charge in [0.25, 0.3) is 0 Å². The molecule has 0 amide bonds. The van der Waals surface area contributed by atoms with E-state index in [1.165, 1.54) is 0 Å². The van der Waals surface area contributed by atoms with E-state index >= 15 is 0 Å². The van der Waals surface area contributed by atoms with Gasteiger partial charge >= 0.3 is 8.80 Å². The summed E-state index contributed by atoms with van der Waals surface area (Å²) in [4.78, 5) is 0. The zero-order valence-corrected chi connectivity index (χ0v) is 16.0. The molecule has 0 aromatic rings. The quantitative estimate of drug-likeness (QED) is 0.351. The molecule has 3 N–H and O–H groups in total. The van der Waals surface area contributed by atoms with E-state index in [1.807, 2.05) is 27.7 Å². The first-order chi connectivity index (χ1) is 10.5. The van der Waals surface area contributed by atoms with Crippen LogP contribution in [0.15, 0.2) is 0 Å². The SMILES string of the molecule is CCO[Si](CCCNCC(C)OCC(C)N)(OCC)OCC. The second kappa shape index (κ2) is 13.4. The van der Waals surface area contributed by atoms with Crippen molar-refractivity contribution in [1.29, 1.82) is 0 Å². The first-order valence-corrected chi connectivity index (χ1v) is 10.4. The van der Waals surface area contributed by atoms with E-state index in [4.69, 9.17) is 23.7 Å². The van der Waals surface area contributed by atoms with Crippen molar-refractivity contribution in [2.75, 3.05) is 39.5 Å². The van der Waals surface area contributed by atoms with Crippen molar-refractivity contribution >= 4 is 8.80 Å². The fraction of sp³-hybridized carbons (Fsp3) is 1.00. The lowest BCUT2D eigenvalue weighted by molar-refractivity contribution is 0.0585. The smallest absolute Gasteiger partial charge is 0.376 e. The Hall–Kier alpha value is -0.0231. The van der Waals surface area contributed by atoms with E-state index in [-0.39, 0.29) is 12.1 Å². The molecule has 22 heavy (non-hydrogen) atoms. The fourth-order valence-corrected chi connectivity index (χ4v) is 4.72. The van der Waals surface area contributed by atoms with E-state index in [0.29, 0.717) is 26.4 Å². The molecule has 7 heteroatoms. The van der Waals surface area contributed by atoms with E-state index in [2.05, 4.69) is 12.2 Å². The molecule has 0 aliphatic heterocycles. The third kappa shape index (κ3) is 10.7. The monoisotopic (exact) mass is 336 g/mol. The average molecular weight is 337 g/mol. The minimum atomic E-state index is -2.49. The van der Waals surface area contributed by atoms with Gasteiger partial charge in [-0.15, -0.1) is 0 Å². The zero-order chi connectivity index (χ0) is 16.8. The van der Waals surface area contributed by atoms with E-state index in [9.17, 15) is 0 Å². The molecule has 0 radical (unpaired) electrons. The van der Waals surface area contributed by atoms with Gasteiger partial charge in [-0.2, -0.15) is 0 Å². The van der Waals surface area contributed by atoms with Gasteiger partial charge in [0.1, 0.15) is 0 Å². The standard InChI is InChI=1S/C15H36N2O4Si/c1-6-19-22(20-7-2,21-8-3)11-9-10-17-12-15(5)18-13-14(4)16/h14-15,17H,6-13,16H2,1-5H3. The molecule has 0 aliphatic carbocycles. The maximum Gasteiger partial charge on any atom is 0.500 e. The summed E-state index contributed by atoms with van der Waals surface area (Å²) in [5, 5.41) is 3.40. The van der Waals surface area contributed by atoms with Gasteiger partial charge in [0.2, 0.25) is 0 Å². The summed E-state index contributed by atoms with van der Waals surface area (Å²) in [5.74, 6) is 0. The van der Waals surface area contributed by atoms with Crippen molar-refractivity contribution < 1.29 is 18.0 Å². The lowest BCUT2D eigenvalue weighted by Gasteiger charge is -2.28. The number of ether oxygens (including phenoxy) is 1. The molecule has 0 bridgehead atoms. The highest BCUT2D eigenvalue weighted by Crippen LogP contribution is 2.17. The van der Waals surface area contributed by atoms with E-state index in [0.717, 1.165) is 25.6 Å². The number of nitrogens with two attached hydrogens (primary N) is 1. The Morgan fingerprint density at radius 1 is 1.00 bits per heavy atom. The van der Waals surface area contributed by atoms with Crippen molar-refractivity contribution in [1.82, 2.24) is 5.32 Å². The average Bonchev–Trinajstić information content (AvgIpc) is 2.45. The molecule has 0 saturated carbocycles. The summed E-state index contributed by atoms with van der Waals surface area (Å²) in [6.45, 7) is 14.1. The Bertz CT molecular complexity index is 241. The van der Waals surface area contributed by atoms with Gasteiger partial charge in [-0.1, -0.05) is 0 Å². The van der Waals surface area contributed by atoms with Gasteiger partial charge in [-0.25, -0.2) is 0 Å². The maximum atomic E-state index is 5.83. The van der Waals surface area contributed by atoms with Crippen LogP contribution in [-0.4, -0.2) is 60.5 Å². The molecule has 134 valence electrons. The normalized spacial score (nSPS) is 15.0. The molecule has 0 spiro atoms. The van der Waals surface area contributed by atoms with Crippen LogP contribution in [0.1, 0.15) is 41.0 Å². The summed E-state index contributed by atoms with van der Waals surface area (Å²) in [6.07, 6.45) is 1.13. The maximum absolute atomic E-state index is 5.83. The van der Waals surface area contributed by atoms with Crippen LogP contribution in [0, 0.1) is 0 Å². The van der Waals surface area contributed by atoms with Gasteiger partial charge in [0, 0.05) is 38.5 Å². The lowest BCUT2D eigenvalue weighted by Crippen LogP contribution is -2.46. The zero-order valence-electron chi connectivity index (χ0n) is 15.0. The molecule has 0 aromatic heterocycles. The molecule has 2 atom stereocenters. The second-order valence-electron chi connectivity index (χ2n) is 5.41.